The van der Waals surface area contributed by atoms with Crippen LogP contribution in [0, 0.1) is 0 Å². The zero-order chi connectivity index (χ0) is 12.8. The molecular formula is C11H17N3O3. The standard InChI is InChI=1S/C11H17N3O3/c1-3-9(11(16)17)13-10(15)5-4-8-6-7-12-14(8)2/h6-7,9H,3-5H2,1-2H3,(H,13,15)(H,16,17). The lowest BCUT2D eigenvalue weighted by Gasteiger charge is -2.11. The van der Waals surface area contributed by atoms with Crippen LogP contribution in [0.5, 0.6) is 0 Å². The first-order chi connectivity index (χ1) is 8.04. The Balaban J connectivity index is 2.40. The van der Waals surface area contributed by atoms with Crippen molar-refractivity contribution in [2.75, 3.05) is 0 Å². The van der Waals surface area contributed by atoms with Crippen molar-refractivity contribution in [3.05, 3.63) is 18.0 Å². The number of amides is 1. The van der Waals surface area contributed by atoms with Crippen LogP contribution < -0.4 is 5.32 Å². The second-order valence-electron chi connectivity index (χ2n) is 3.81. The monoisotopic (exact) mass is 239 g/mol. The van der Waals surface area contributed by atoms with Crippen LogP contribution in [-0.2, 0) is 23.1 Å². The predicted molar refractivity (Wildman–Crippen MR) is 61.4 cm³/mol. The molecule has 6 nitrogen and oxygen atoms in total. The van der Waals surface area contributed by atoms with Gasteiger partial charge in [-0.15, -0.1) is 0 Å². The summed E-state index contributed by atoms with van der Waals surface area (Å²) < 4.78 is 1.70. The molecule has 17 heavy (non-hydrogen) atoms. The second-order valence-corrected chi connectivity index (χ2v) is 3.81. The van der Waals surface area contributed by atoms with Crippen molar-refractivity contribution in [1.82, 2.24) is 15.1 Å². The fraction of sp³-hybridized carbons (Fsp3) is 0.545. The first kappa shape index (κ1) is 13.2. The fourth-order valence-corrected chi connectivity index (χ4v) is 1.49. The third kappa shape index (κ3) is 3.90. The van der Waals surface area contributed by atoms with Crippen LogP contribution in [0.2, 0.25) is 0 Å². The largest absolute Gasteiger partial charge is 0.480 e. The highest BCUT2D eigenvalue weighted by molar-refractivity contribution is 5.83. The van der Waals surface area contributed by atoms with Crippen LogP contribution in [0.1, 0.15) is 25.5 Å². The molecule has 1 aromatic heterocycles. The molecule has 0 saturated carbocycles. The zero-order valence-corrected chi connectivity index (χ0v) is 10.0. The molecule has 0 saturated heterocycles. The van der Waals surface area contributed by atoms with E-state index in [0.717, 1.165) is 5.69 Å². The summed E-state index contributed by atoms with van der Waals surface area (Å²) in [4.78, 5) is 22.2. The molecule has 1 atom stereocenters. The van der Waals surface area contributed by atoms with Gasteiger partial charge in [0, 0.05) is 25.4 Å². The van der Waals surface area contributed by atoms with Crippen LogP contribution in [0.15, 0.2) is 12.3 Å². The van der Waals surface area contributed by atoms with E-state index >= 15 is 0 Å². The molecule has 0 aliphatic carbocycles. The van der Waals surface area contributed by atoms with Gasteiger partial charge in [0.15, 0.2) is 0 Å². The minimum Gasteiger partial charge on any atom is -0.480 e. The summed E-state index contributed by atoms with van der Waals surface area (Å²) in [7, 11) is 1.80. The fourth-order valence-electron chi connectivity index (χ4n) is 1.49. The molecule has 1 rings (SSSR count). The normalized spacial score (nSPS) is 12.1. The number of hydrogen-bond donors (Lipinski definition) is 2. The number of aromatic nitrogens is 2. The zero-order valence-electron chi connectivity index (χ0n) is 10.0. The number of aryl methyl sites for hydroxylation is 2. The molecular weight excluding hydrogens is 222 g/mol. The molecule has 94 valence electrons. The lowest BCUT2D eigenvalue weighted by molar-refractivity contribution is -0.141. The highest BCUT2D eigenvalue weighted by atomic mass is 16.4. The first-order valence-corrected chi connectivity index (χ1v) is 5.53. The van der Waals surface area contributed by atoms with E-state index in [-0.39, 0.29) is 12.3 Å². The maximum atomic E-state index is 11.5. The Hall–Kier alpha value is -1.85. The summed E-state index contributed by atoms with van der Waals surface area (Å²) in [5.74, 6) is -1.25. The summed E-state index contributed by atoms with van der Waals surface area (Å²) in [6.45, 7) is 1.72. The van der Waals surface area contributed by atoms with Gasteiger partial charge in [0.1, 0.15) is 6.04 Å². The van der Waals surface area contributed by atoms with Crippen molar-refractivity contribution in [2.45, 2.75) is 32.2 Å². The van der Waals surface area contributed by atoms with E-state index in [9.17, 15) is 9.59 Å². The number of nitrogens with zero attached hydrogens (tertiary/aromatic N) is 2. The Bertz CT molecular complexity index is 400. The number of carbonyl (C=O) groups is 2. The van der Waals surface area contributed by atoms with Gasteiger partial charge in [-0.25, -0.2) is 4.79 Å². The molecule has 0 aliphatic heterocycles. The van der Waals surface area contributed by atoms with Crippen molar-refractivity contribution in [3.8, 4) is 0 Å². The number of rotatable bonds is 6. The van der Waals surface area contributed by atoms with Crippen molar-refractivity contribution in [2.24, 2.45) is 7.05 Å². The van der Waals surface area contributed by atoms with E-state index in [1.54, 1.807) is 24.9 Å². The maximum Gasteiger partial charge on any atom is 0.326 e. The Morgan fingerprint density at radius 1 is 1.59 bits per heavy atom. The SMILES string of the molecule is CCC(NC(=O)CCc1ccnn1C)C(=O)O. The third-order valence-corrected chi connectivity index (χ3v) is 2.57. The Morgan fingerprint density at radius 3 is 2.76 bits per heavy atom. The van der Waals surface area contributed by atoms with Gasteiger partial charge >= 0.3 is 5.97 Å². The van der Waals surface area contributed by atoms with Gasteiger partial charge in [0.25, 0.3) is 0 Å². The average molecular weight is 239 g/mol. The smallest absolute Gasteiger partial charge is 0.326 e. The Labute approximate surface area is 99.6 Å². The van der Waals surface area contributed by atoms with E-state index < -0.39 is 12.0 Å². The lowest BCUT2D eigenvalue weighted by atomic mass is 10.2. The lowest BCUT2D eigenvalue weighted by Crippen LogP contribution is -2.40. The van der Waals surface area contributed by atoms with E-state index in [0.29, 0.717) is 12.8 Å². The summed E-state index contributed by atoms with van der Waals surface area (Å²) >= 11 is 0. The molecule has 0 bridgehead atoms. The van der Waals surface area contributed by atoms with Crippen molar-refractivity contribution < 1.29 is 14.7 Å². The number of hydrogen-bond acceptors (Lipinski definition) is 3. The molecule has 0 spiro atoms. The van der Waals surface area contributed by atoms with Crippen LogP contribution in [0.3, 0.4) is 0 Å². The third-order valence-electron chi connectivity index (χ3n) is 2.57. The van der Waals surface area contributed by atoms with Crippen molar-refractivity contribution in [3.63, 3.8) is 0 Å². The molecule has 1 aromatic rings. The second kappa shape index (κ2) is 6.03. The first-order valence-electron chi connectivity index (χ1n) is 5.53. The maximum absolute atomic E-state index is 11.5. The van der Waals surface area contributed by atoms with Crippen LogP contribution in [-0.4, -0.2) is 32.8 Å². The Kier molecular flexibility index (Phi) is 4.68. The molecule has 0 aliphatic rings. The molecule has 0 radical (unpaired) electrons. The molecule has 2 N–H and O–H groups in total. The summed E-state index contributed by atoms with van der Waals surface area (Å²) in [6.07, 6.45) is 2.87. The van der Waals surface area contributed by atoms with Gasteiger partial charge in [-0.05, 0) is 18.9 Å². The van der Waals surface area contributed by atoms with E-state index in [1.165, 1.54) is 0 Å². The van der Waals surface area contributed by atoms with Gasteiger partial charge in [0.2, 0.25) is 5.91 Å². The number of carboxylic acid groups (broad SMARTS) is 1. The molecule has 1 amide bonds. The molecule has 0 fully saturated rings. The minimum absolute atomic E-state index is 0.250. The van der Waals surface area contributed by atoms with Crippen molar-refractivity contribution in [1.29, 1.82) is 0 Å². The highest BCUT2D eigenvalue weighted by Crippen LogP contribution is 2.01. The number of nitrogens with one attached hydrogen (secondary N) is 1. The van der Waals surface area contributed by atoms with Gasteiger partial charge in [-0.2, -0.15) is 5.10 Å². The molecule has 6 heteroatoms. The van der Waals surface area contributed by atoms with Crippen LogP contribution in [0.4, 0.5) is 0 Å². The summed E-state index contributed by atoms with van der Waals surface area (Å²) in [6, 6.07) is 1.04. The average Bonchev–Trinajstić information content (AvgIpc) is 2.68. The van der Waals surface area contributed by atoms with Crippen LogP contribution >= 0.6 is 0 Å². The minimum atomic E-state index is -0.999. The van der Waals surface area contributed by atoms with E-state index in [2.05, 4.69) is 10.4 Å². The molecule has 1 heterocycles. The molecule has 0 aromatic carbocycles. The van der Waals surface area contributed by atoms with Gasteiger partial charge < -0.3 is 10.4 Å². The number of aliphatic carboxylic acids is 1. The van der Waals surface area contributed by atoms with Gasteiger partial charge in [0.05, 0.1) is 0 Å². The van der Waals surface area contributed by atoms with Gasteiger partial charge in [-0.3, -0.25) is 9.48 Å². The van der Waals surface area contributed by atoms with Crippen molar-refractivity contribution >= 4 is 11.9 Å². The highest BCUT2D eigenvalue weighted by Gasteiger charge is 2.17. The molecule has 1 unspecified atom stereocenters. The van der Waals surface area contributed by atoms with E-state index in [4.69, 9.17) is 5.11 Å². The number of carboxylic acids is 1. The quantitative estimate of drug-likeness (QED) is 0.749. The van der Waals surface area contributed by atoms with Gasteiger partial charge in [-0.1, -0.05) is 6.92 Å². The predicted octanol–water partition coefficient (Wildman–Crippen LogP) is 0.332. The number of carbonyl (C=O) groups excluding carboxylic acids is 1. The summed E-state index contributed by atoms with van der Waals surface area (Å²) in [5, 5.41) is 15.3. The topological polar surface area (TPSA) is 84.2 Å². The van der Waals surface area contributed by atoms with E-state index in [1.807, 2.05) is 6.07 Å². The summed E-state index contributed by atoms with van der Waals surface area (Å²) in [5.41, 5.74) is 0.948. The van der Waals surface area contributed by atoms with Crippen LogP contribution in [0.25, 0.3) is 0 Å². The Morgan fingerprint density at radius 2 is 2.29 bits per heavy atom.